The van der Waals surface area contributed by atoms with Gasteiger partial charge in [0.1, 0.15) is 11.4 Å². The minimum Gasteiger partial charge on any atom is -0.491 e. The fourth-order valence-corrected chi connectivity index (χ4v) is 4.03. The van der Waals surface area contributed by atoms with Gasteiger partial charge in [-0.2, -0.15) is 8.42 Å². The number of ether oxygens (including phenoxy) is 1. The van der Waals surface area contributed by atoms with Crippen LogP contribution in [0, 0.1) is 12.8 Å². The molecule has 3 aromatic rings. The highest BCUT2D eigenvalue weighted by Gasteiger charge is 2.25. The lowest BCUT2D eigenvalue weighted by molar-refractivity contribution is 0.301. The maximum atomic E-state index is 12.9. The summed E-state index contributed by atoms with van der Waals surface area (Å²) < 4.78 is 34.4. The molecule has 1 aliphatic rings. The highest BCUT2D eigenvalue weighted by atomic mass is 32.2. The van der Waals surface area contributed by atoms with Crippen molar-refractivity contribution < 1.29 is 13.2 Å². The summed E-state index contributed by atoms with van der Waals surface area (Å²) >= 11 is 0. The van der Waals surface area contributed by atoms with Gasteiger partial charge in [0.05, 0.1) is 12.1 Å². The van der Waals surface area contributed by atoms with Crippen LogP contribution in [0.25, 0.3) is 10.9 Å². The summed E-state index contributed by atoms with van der Waals surface area (Å²) in [4.78, 5) is 8.39. The molecule has 0 unspecified atom stereocenters. The molecule has 1 aromatic carbocycles. The second-order valence-electron chi connectivity index (χ2n) is 6.50. The summed E-state index contributed by atoms with van der Waals surface area (Å²) in [5.41, 5.74) is 1.49. The molecule has 0 aliphatic heterocycles. The van der Waals surface area contributed by atoms with Crippen LogP contribution < -0.4 is 9.46 Å². The molecule has 1 fully saturated rings. The fraction of sp³-hybridized carbons (Fsp3) is 0.263. The average molecular weight is 369 g/mol. The van der Waals surface area contributed by atoms with E-state index < -0.39 is 10.0 Å². The maximum absolute atomic E-state index is 12.9. The molecule has 0 bridgehead atoms. The highest BCUT2D eigenvalue weighted by Crippen LogP contribution is 2.36. The normalized spacial score (nSPS) is 14.3. The average Bonchev–Trinajstić information content (AvgIpc) is 3.45. The molecule has 2 aromatic heterocycles. The topological polar surface area (TPSA) is 81.2 Å². The summed E-state index contributed by atoms with van der Waals surface area (Å²) in [6.45, 7) is 2.29. The zero-order chi connectivity index (χ0) is 18.1. The molecule has 0 saturated heterocycles. The molecule has 6 nitrogen and oxygen atoms in total. The van der Waals surface area contributed by atoms with Crippen LogP contribution in [-0.4, -0.2) is 25.0 Å². The summed E-state index contributed by atoms with van der Waals surface area (Å²) in [5.74, 6) is 1.04. The lowest BCUT2D eigenvalue weighted by atomic mass is 10.2. The van der Waals surface area contributed by atoms with E-state index in [2.05, 4.69) is 14.7 Å². The van der Waals surface area contributed by atoms with Crippen LogP contribution in [0.5, 0.6) is 5.75 Å². The van der Waals surface area contributed by atoms with E-state index >= 15 is 0 Å². The third-order valence-electron chi connectivity index (χ3n) is 4.36. The van der Waals surface area contributed by atoms with E-state index in [0.29, 0.717) is 35.0 Å². The molecule has 0 radical (unpaired) electrons. The monoisotopic (exact) mass is 369 g/mol. The highest BCUT2D eigenvalue weighted by molar-refractivity contribution is 7.92. The summed E-state index contributed by atoms with van der Waals surface area (Å²) in [6, 6.07) is 10.8. The van der Waals surface area contributed by atoms with Crippen molar-refractivity contribution in [3.63, 3.8) is 0 Å². The quantitative estimate of drug-likeness (QED) is 0.719. The first-order chi connectivity index (χ1) is 12.5. The van der Waals surface area contributed by atoms with E-state index in [-0.39, 0.29) is 5.03 Å². The van der Waals surface area contributed by atoms with Crippen molar-refractivity contribution in [2.24, 2.45) is 5.92 Å². The van der Waals surface area contributed by atoms with Gasteiger partial charge in [-0.1, -0.05) is 12.1 Å². The second kappa shape index (κ2) is 6.57. The Labute approximate surface area is 152 Å². The van der Waals surface area contributed by atoms with Crippen LogP contribution in [0.15, 0.2) is 53.8 Å². The zero-order valence-electron chi connectivity index (χ0n) is 14.3. The second-order valence-corrected chi connectivity index (χ2v) is 8.10. The first kappa shape index (κ1) is 16.8. The lowest BCUT2D eigenvalue weighted by Crippen LogP contribution is -2.17. The zero-order valence-corrected chi connectivity index (χ0v) is 15.2. The molecule has 1 N–H and O–H groups in total. The molecule has 4 rings (SSSR count). The number of aromatic nitrogens is 2. The Morgan fingerprint density at radius 1 is 1.12 bits per heavy atom. The van der Waals surface area contributed by atoms with Gasteiger partial charge in [-0.25, -0.2) is 4.98 Å². The largest absolute Gasteiger partial charge is 0.491 e. The number of aryl methyl sites for hydroxylation is 1. The molecule has 0 amide bonds. The van der Waals surface area contributed by atoms with Crippen LogP contribution in [-0.2, 0) is 10.0 Å². The summed E-state index contributed by atoms with van der Waals surface area (Å²) in [5, 5.41) is 0.836. The number of anilines is 1. The van der Waals surface area contributed by atoms with Crippen LogP contribution >= 0.6 is 0 Å². The number of hydrogen-bond donors (Lipinski definition) is 1. The molecule has 7 heteroatoms. The van der Waals surface area contributed by atoms with E-state index in [1.807, 2.05) is 18.2 Å². The van der Waals surface area contributed by atoms with Crippen molar-refractivity contribution in [3.05, 3.63) is 54.4 Å². The van der Waals surface area contributed by atoms with E-state index in [4.69, 9.17) is 4.74 Å². The molecule has 1 saturated carbocycles. The SMILES string of the molecule is Cc1cccnc1S(=O)(=O)Nc1c(OCC2CC2)ccc2cccnc12. The molecule has 1 aliphatic carbocycles. The molecule has 134 valence electrons. The fourth-order valence-electron chi connectivity index (χ4n) is 2.77. The van der Waals surface area contributed by atoms with Crippen LogP contribution in [0.2, 0.25) is 0 Å². The summed E-state index contributed by atoms with van der Waals surface area (Å²) in [7, 11) is -3.86. The smallest absolute Gasteiger partial charge is 0.279 e. The van der Waals surface area contributed by atoms with Crippen molar-refractivity contribution in [3.8, 4) is 5.75 Å². The van der Waals surface area contributed by atoms with E-state index in [0.717, 1.165) is 18.2 Å². The Kier molecular flexibility index (Phi) is 4.24. The van der Waals surface area contributed by atoms with Gasteiger partial charge in [-0.3, -0.25) is 9.71 Å². The van der Waals surface area contributed by atoms with E-state index in [9.17, 15) is 8.42 Å². The molecule has 0 atom stereocenters. The number of fused-ring (bicyclic) bond motifs is 1. The molecule has 2 heterocycles. The summed E-state index contributed by atoms with van der Waals surface area (Å²) in [6.07, 6.45) is 5.41. The number of hydrogen-bond acceptors (Lipinski definition) is 5. The standard InChI is InChI=1S/C19H19N3O3S/c1-13-4-2-11-21-19(13)26(23,24)22-18-16(25-12-14-6-7-14)9-8-15-5-3-10-20-17(15)18/h2-5,8-11,14,22H,6-7,12H2,1H3. The minimum absolute atomic E-state index is 0.000997. The Bertz CT molecular complexity index is 1060. The van der Waals surface area contributed by atoms with E-state index in [1.165, 1.54) is 6.20 Å². The Morgan fingerprint density at radius 3 is 2.65 bits per heavy atom. The number of nitrogens with one attached hydrogen (secondary N) is 1. The Hall–Kier alpha value is -2.67. The van der Waals surface area contributed by atoms with Crippen molar-refractivity contribution in [1.29, 1.82) is 0 Å². The van der Waals surface area contributed by atoms with E-state index in [1.54, 1.807) is 31.3 Å². The first-order valence-corrected chi connectivity index (χ1v) is 9.98. The van der Waals surface area contributed by atoms with Gasteiger partial charge >= 0.3 is 0 Å². The molecule has 26 heavy (non-hydrogen) atoms. The molecular weight excluding hydrogens is 350 g/mol. The predicted molar refractivity (Wildman–Crippen MR) is 99.7 cm³/mol. The minimum atomic E-state index is -3.86. The van der Waals surface area contributed by atoms with Gasteiger partial charge in [-0.05, 0) is 55.5 Å². The van der Waals surface area contributed by atoms with Gasteiger partial charge in [0.15, 0.2) is 5.03 Å². The predicted octanol–water partition coefficient (Wildman–Crippen LogP) is 3.53. The first-order valence-electron chi connectivity index (χ1n) is 8.49. The van der Waals surface area contributed by atoms with Crippen molar-refractivity contribution in [1.82, 2.24) is 9.97 Å². The maximum Gasteiger partial charge on any atom is 0.279 e. The van der Waals surface area contributed by atoms with Crippen LogP contribution in [0.1, 0.15) is 18.4 Å². The van der Waals surface area contributed by atoms with Gasteiger partial charge < -0.3 is 4.74 Å². The Morgan fingerprint density at radius 2 is 1.88 bits per heavy atom. The van der Waals surface area contributed by atoms with Crippen LogP contribution in [0.4, 0.5) is 5.69 Å². The number of pyridine rings is 2. The number of rotatable bonds is 6. The van der Waals surface area contributed by atoms with Gasteiger partial charge in [0, 0.05) is 17.8 Å². The number of benzene rings is 1. The van der Waals surface area contributed by atoms with Gasteiger partial charge in [0.25, 0.3) is 10.0 Å². The third-order valence-corrected chi connectivity index (χ3v) is 5.77. The van der Waals surface area contributed by atoms with Crippen molar-refractivity contribution in [2.75, 3.05) is 11.3 Å². The lowest BCUT2D eigenvalue weighted by Gasteiger charge is -2.16. The number of nitrogens with zero attached hydrogens (tertiary/aromatic N) is 2. The molecule has 0 spiro atoms. The van der Waals surface area contributed by atoms with Gasteiger partial charge in [0.2, 0.25) is 0 Å². The molecular formula is C19H19N3O3S. The van der Waals surface area contributed by atoms with Crippen molar-refractivity contribution in [2.45, 2.75) is 24.8 Å². The van der Waals surface area contributed by atoms with Crippen molar-refractivity contribution >= 4 is 26.6 Å². The van der Waals surface area contributed by atoms with Gasteiger partial charge in [-0.15, -0.1) is 0 Å². The number of sulfonamides is 1. The Balaban J connectivity index is 1.78. The third kappa shape index (κ3) is 3.35. The van der Waals surface area contributed by atoms with Crippen LogP contribution in [0.3, 0.4) is 0 Å².